The van der Waals surface area contributed by atoms with Crippen LogP contribution in [0, 0.1) is 0 Å². The van der Waals surface area contributed by atoms with Crippen LogP contribution in [0.15, 0.2) is 94.7 Å². The van der Waals surface area contributed by atoms with Gasteiger partial charge in [0.15, 0.2) is 0 Å². The van der Waals surface area contributed by atoms with Crippen LogP contribution in [0.1, 0.15) is 24.1 Å². The summed E-state index contributed by atoms with van der Waals surface area (Å²) in [6.07, 6.45) is 1.88. The molecule has 1 N–H and O–H groups in total. The van der Waals surface area contributed by atoms with Crippen LogP contribution in [-0.2, 0) is 9.59 Å². The van der Waals surface area contributed by atoms with Gasteiger partial charge >= 0.3 is 0 Å². The Morgan fingerprint density at radius 2 is 1.60 bits per heavy atom. The number of anilines is 1. The molecule has 3 aromatic carbocycles. The summed E-state index contributed by atoms with van der Waals surface area (Å²) in [5.41, 5.74) is 2.74. The van der Waals surface area contributed by atoms with Gasteiger partial charge in [-0.1, -0.05) is 84.6 Å². The Bertz CT molecular complexity index is 1080. The standard InChI is InChI=1S/C25H22N2O2S/c1-18(20-12-6-3-7-13-20)26-24(28)17-27-21-14-8-9-15-22(21)30-23(25(27)29)16-19-10-4-2-5-11-19/h2-16,18H,17H2,1H3,(H,26,28)/b23-16-/t18-/m1/s1. The van der Waals surface area contributed by atoms with Crippen molar-refractivity contribution < 1.29 is 9.59 Å². The SMILES string of the molecule is C[C@@H](NC(=O)CN1C(=O)/C(=C/c2ccccc2)Sc2ccccc21)c1ccccc1. The highest BCUT2D eigenvalue weighted by Gasteiger charge is 2.30. The van der Waals surface area contributed by atoms with E-state index in [9.17, 15) is 9.59 Å². The minimum absolute atomic E-state index is 0.0281. The lowest BCUT2D eigenvalue weighted by Gasteiger charge is -2.30. The monoisotopic (exact) mass is 414 g/mol. The Labute approximate surface area is 180 Å². The van der Waals surface area contributed by atoms with Gasteiger partial charge in [0.05, 0.1) is 16.6 Å². The highest BCUT2D eigenvalue weighted by molar-refractivity contribution is 8.04. The molecule has 0 fully saturated rings. The van der Waals surface area contributed by atoms with Crippen LogP contribution < -0.4 is 10.2 Å². The average Bonchev–Trinajstić information content (AvgIpc) is 2.78. The van der Waals surface area contributed by atoms with Crippen molar-refractivity contribution >= 4 is 35.3 Å². The summed E-state index contributed by atoms with van der Waals surface area (Å²) in [4.78, 5) is 29.1. The topological polar surface area (TPSA) is 49.4 Å². The molecular formula is C25H22N2O2S. The zero-order valence-corrected chi connectivity index (χ0v) is 17.4. The third-order valence-corrected chi connectivity index (χ3v) is 5.99. The molecule has 1 heterocycles. The highest BCUT2D eigenvalue weighted by atomic mass is 32.2. The lowest BCUT2D eigenvalue weighted by Crippen LogP contribution is -2.43. The van der Waals surface area contributed by atoms with Crippen molar-refractivity contribution in [3.8, 4) is 0 Å². The first-order chi connectivity index (χ1) is 14.6. The number of carbonyl (C=O) groups is 2. The van der Waals surface area contributed by atoms with Crippen LogP contribution >= 0.6 is 11.8 Å². The Hall–Kier alpha value is -3.31. The number of rotatable bonds is 5. The summed E-state index contributed by atoms with van der Waals surface area (Å²) in [5, 5.41) is 3.00. The van der Waals surface area contributed by atoms with E-state index in [0.29, 0.717) is 4.91 Å². The molecule has 5 heteroatoms. The molecule has 0 unspecified atom stereocenters. The summed E-state index contributed by atoms with van der Waals surface area (Å²) in [5.74, 6) is -0.356. The number of amides is 2. The number of hydrogen-bond donors (Lipinski definition) is 1. The molecule has 0 aliphatic carbocycles. The van der Waals surface area contributed by atoms with E-state index >= 15 is 0 Å². The second-order valence-corrected chi connectivity index (χ2v) is 8.16. The molecule has 0 spiro atoms. The Morgan fingerprint density at radius 3 is 2.33 bits per heavy atom. The minimum atomic E-state index is -0.194. The maximum atomic E-state index is 13.2. The number of para-hydroxylation sites is 1. The van der Waals surface area contributed by atoms with Gasteiger partial charge in [-0.05, 0) is 36.3 Å². The highest BCUT2D eigenvalue weighted by Crippen LogP contribution is 2.41. The Morgan fingerprint density at radius 1 is 0.967 bits per heavy atom. The van der Waals surface area contributed by atoms with Gasteiger partial charge in [-0.3, -0.25) is 14.5 Å². The van der Waals surface area contributed by atoms with Crippen molar-refractivity contribution in [1.29, 1.82) is 0 Å². The number of thioether (sulfide) groups is 1. The first-order valence-corrected chi connectivity index (χ1v) is 10.6. The van der Waals surface area contributed by atoms with Gasteiger partial charge in [0.25, 0.3) is 5.91 Å². The third kappa shape index (κ3) is 4.47. The second kappa shape index (κ2) is 9.01. The van der Waals surface area contributed by atoms with Gasteiger partial charge in [0, 0.05) is 4.90 Å². The average molecular weight is 415 g/mol. The molecule has 1 aliphatic heterocycles. The van der Waals surface area contributed by atoms with E-state index in [0.717, 1.165) is 21.7 Å². The van der Waals surface area contributed by atoms with Crippen molar-refractivity contribution in [3.63, 3.8) is 0 Å². The number of hydrogen-bond acceptors (Lipinski definition) is 3. The van der Waals surface area contributed by atoms with Gasteiger partial charge < -0.3 is 5.32 Å². The molecule has 3 aromatic rings. The molecule has 150 valence electrons. The van der Waals surface area contributed by atoms with Gasteiger partial charge in [-0.2, -0.15) is 0 Å². The largest absolute Gasteiger partial charge is 0.348 e. The summed E-state index contributed by atoms with van der Waals surface area (Å²) in [6, 6.07) is 27.1. The fraction of sp³-hybridized carbons (Fsp3) is 0.120. The molecule has 0 saturated carbocycles. The van der Waals surface area contributed by atoms with Gasteiger partial charge in [0.2, 0.25) is 5.91 Å². The minimum Gasteiger partial charge on any atom is -0.348 e. The number of nitrogens with zero attached hydrogens (tertiary/aromatic N) is 1. The molecule has 1 atom stereocenters. The molecule has 1 aliphatic rings. The van der Waals surface area contributed by atoms with Crippen molar-refractivity contribution in [2.24, 2.45) is 0 Å². The van der Waals surface area contributed by atoms with Crippen molar-refractivity contribution in [2.75, 3.05) is 11.4 Å². The summed E-state index contributed by atoms with van der Waals surface area (Å²) in [7, 11) is 0. The lowest BCUT2D eigenvalue weighted by atomic mass is 10.1. The zero-order chi connectivity index (χ0) is 20.9. The summed E-state index contributed by atoms with van der Waals surface area (Å²) < 4.78 is 0. The zero-order valence-electron chi connectivity index (χ0n) is 16.6. The van der Waals surface area contributed by atoms with E-state index in [1.165, 1.54) is 11.8 Å². The molecule has 0 bridgehead atoms. The third-order valence-electron chi connectivity index (χ3n) is 4.91. The molecular weight excluding hydrogens is 392 g/mol. The van der Waals surface area contributed by atoms with Gasteiger partial charge in [-0.15, -0.1) is 0 Å². The lowest BCUT2D eigenvalue weighted by molar-refractivity contribution is -0.122. The number of fused-ring (bicyclic) bond motifs is 1. The summed E-state index contributed by atoms with van der Waals surface area (Å²) >= 11 is 1.44. The molecule has 30 heavy (non-hydrogen) atoms. The van der Waals surface area contributed by atoms with Crippen molar-refractivity contribution in [1.82, 2.24) is 5.32 Å². The normalized spacial score (nSPS) is 15.6. The van der Waals surface area contributed by atoms with Crippen LogP contribution in [0.2, 0.25) is 0 Å². The fourth-order valence-corrected chi connectivity index (χ4v) is 4.43. The number of carbonyl (C=O) groups excluding carboxylic acids is 2. The predicted octanol–water partition coefficient (Wildman–Crippen LogP) is 5.04. The van der Waals surface area contributed by atoms with Crippen LogP contribution in [0.4, 0.5) is 5.69 Å². The van der Waals surface area contributed by atoms with E-state index in [1.807, 2.05) is 97.9 Å². The molecule has 2 amide bonds. The van der Waals surface area contributed by atoms with E-state index in [-0.39, 0.29) is 24.4 Å². The Kier molecular flexibility index (Phi) is 6.00. The maximum absolute atomic E-state index is 13.2. The van der Waals surface area contributed by atoms with Crippen LogP contribution in [0.25, 0.3) is 6.08 Å². The second-order valence-electron chi connectivity index (χ2n) is 7.08. The summed E-state index contributed by atoms with van der Waals surface area (Å²) in [6.45, 7) is 1.91. The quantitative estimate of drug-likeness (QED) is 0.595. The van der Waals surface area contributed by atoms with Crippen LogP contribution in [0.5, 0.6) is 0 Å². The van der Waals surface area contributed by atoms with E-state index < -0.39 is 0 Å². The molecule has 4 rings (SSSR count). The van der Waals surface area contributed by atoms with E-state index in [1.54, 1.807) is 4.90 Å². The van der Waals surface area contributed by atoms with Gasteiger partial charge in [-0.25, -0.2) is 0 Å². The van der Waals surface area contributed by atoms with Crippen LogP contribution in [-0.4, -0.2) is 18.4 Å². The van der Waals surface area contributed by atoms with Crippen molar-refractivity contribution in [3.05, 3.63) is 101 Å². The molecule has 0 saturated heterocycles. The molecule has 0 radical (unpaired) electrons. The maximum Gasteiger partial charge on any atom is 0.265 e. The Balaban J connectivity index is 1.57. The van der Waals surface area contributed by atoms with Gasteiger partial charge in [0.1, 0.15) is 6.54 Å². The van der Waals surface area contributed by atoms with E-state index in [2.05, 4.69) is 5.32 Å². The van der Waals surface area contributed by atoms with Crippen molar-refractivity contribution in [2.45, 2.75) is 17.9 Å². The molecule has 0 aromatic heterocycles. The fourth-order valence-electron chi connectivity index (χ4n) is 3.38. The number of nitrogens with one attached hydrogen (secondary N) is 1. The molecule has 4 nitrogen and oxygen atoms in total. The van der Waals surface area contributed by atoms with Crippen LogP contribution in [0.3, 0.4) is 0 Å². The smallest absolute Gasteiger partial charge is 0.265 e. The predicted molar refractivity (Wildman–Crippen MR) is 122 cm³/mol. The first kappa shape index (κ1) is 20.0. The van der Waals surface area contributed by atoms with E-state index in [4.69, 9.17) is 0 Å². The number of benzene rings is 3. The first-order valence-electron chi connectivity index (χ1n) is 9.81.